The number of hydrogen-bond donors (Lipinski definition) is 0. The second-order valence-electron chi connectivity index (χ2n) is 8.34. The van der Waals surface area contributed by atoms with E-state index < -0.39 is 9.84 Å². The molecule has 2 aromatic carbocycles. The summed E-state index contributed by atoms with van der Waals surface area (Å²) in [4.78, 5) is 15.8. The van der Waals surface area contributed by atoms with E-state index in [9.17, 15) is 12.8 Å². The fourth-order valence-electron chi connectivity index (χ4n) is 3.60. The van der Waals surface area contributed by atoms with Gasteiger partial charge in [-0.15, -0.1) is 4.58 Å². The summed E-state index contributed by atoms with van der Waals surface area (Å²) in [5.74, 6) is 1.03. The molecule has 12 heteroatoms. The molecule has 0 saturated heterocycles. The Labute approximate surface area is 218 Å². The van der Waals surface area contributed by atoms with Gasteiger partial charge in [0.05, 0.1) is 30.4 Å². The van der Waals surface area contributed by atoms with Crippen LogP contribution in [0.3, 0.4) is 0 Å². The van der Waals surface area contributed by atoms with Gasteiger partial charge in [0.15, 0.2) is 5.82 Å². The number of rotatable bonds is 11. The summed E-state index contributed by atoms with van der Waals surface area (Å²) in [7, 11) is -3.16. The third-order valence-corrected chi connectivity index (χ3v) is 6.59. The summed E-state index contributed by atoms with van der Waals surface area (Å²) in [6, 6.07) is 17.1. The molecule has 2 heterocycles. The van der Waals surface area contributed by atoms with Crippen LogP contribution in [0, 0.1) is 17.1 Å². The van der Waals surface area contributed by atoms with Gasteiger partial charge in [-0.25, -0.2) is 22.8 Å². The van der Waals surface area contributed by atoms with E-state index in [4.69, 9.17) is 26.3 Å². The summed E-state index contributed by atoms with van der Waals surface area (Å²) in [5, 5.41) is 9.69. The molecule has 37 heavy (non-hydrogen) atoms. The van der Waals surface area contributed by atoms with Crippen molar-refractivity contribution in [2.45, 2.75) is 13.2 Å². The van der Waals surface area contributed by atoms with Gasteiger partial charge in [-0.3, -0.25) is 9.74 Å². The highest BCUT2D eigenvalue weighted by molar-refractivity contribution is 7.90. The highest BCUT2D eigenvalue weighted by atomic mass is 35.5. The maximum atomic E-state index is 13.5. The lowest BCUT2D eigenvalue weighted by Crippen LogP contribution is -2.29. The molecular formula is C25H23ClFN5O4S. The molecule has 0 spiro atoms. The van der Waals surface area contributed by atoms with Gasteiger partial charge in [-0.2, -0.15) is 5.26 Å². The van der Waals surface area contributed by atoms with Crippen LogP contribution in [0.1, 0.15) is 11.3 Å². The summed E-state index contributed by atoms with van der Waals surface area (Å²) in [6.45, 7) is 0.616. The van der Waals surface area contributed by atoms with Crippen molar-refractivity contribution in [1.82, 2.24) is 14.9 Å². The minimum atomic E-state index is -3.16. The van der Waals surface area contributed by atoms with Crippen LogP contribution in [0.4, 0.5) is 10.2 Å². The molecule has 9 nitrogen and oxygen atoms in total. The van der Waals surface area contributed by atoms with Gasteiger partial charge in [0.25, 0.3) is 0 Å². The molecule has 0 unspecified atom stereocenters. The summed E-state index contributed by atoms with van der Waals surface area (Å²) >= 11 is 6.36. The minimum Gasteiger partial charge on any atom is -0.460 e. The fourth-order valence-corrected chi connectivity index (χ4v) is 4.38. The zero-order valence-electron chi connectivity index (χ0n) is 19.8. The van der Waals surface area contributed by atoms with Gasteiger partial charge in [0.1, 0.15) is 40.1 Å². The predicted molar refractivity (Wildman–Crippen MR) is 137 cm³/mol. The molecule has 0 fully saturated rings. The topological polar surface area (TPSA) is 113 Å². The molecule has 0 radical (unpaired) electrons. The van der Waals surface area contributed by atoms with Crippen LogP contribution in [-0.4, -0.2) is 48.4 Å². The molecule has 0 aliphatic heterocycles. The third kappa shape index (κ3) is 7.24. The van der Waals surface area contributed by atoms with Gasteiger partial charge in [0.2, 0.25) is 0 Å². The lowest BCUT2D eigenvalue weighted by Gasteiger charge is -2.17. The molecule has 0 bridgehead atoms. The van der Waals surface area contributed by atoms with Crippen LogP contribution in [0.15, 0.2) is 65.3 Å². The molecule has 0 aliphatic rings. The number of anilines is 1. The Morgan fingerprint density at radius 1 is 1.16 bits per heavy atom. The zero-order chi connectivity index (χ0) is 26.4. The van der Waals surface area contributed by atoms with Crippen LogP contribution < -0.4 is 4.58 Å². The van der Waals surface area contributed by atoms with Crippen molar-refractivity contribution in [2.75, 3.05) is 29.7 Å². The Hall–Kier alpha value is -3.56. The van der Waals surface area contributed by atoms with Gasteiger partial charge >= 0.3 is 0 Å². The molecule has 0 saturated carbocycles. The number of benzene rings is 2. The lowest BCUT2D eigenvalue weighted by atomic mass is 10.1. The Morgan fingerprint density at radius 2 is 2.00 bits per heavy atom. The first-order chi connectivity index (χ1) is 17.7. The van der Waals surface area contributed by atoms with Crippen LogP contribution >= 0.6 is 11.8 Å². The fraction of sp³-hybridized carbons (Fsp3) is 0.240. The largest absolute Gasteiger partial charge is 0.460 e. The Kier molecular flexibility index (Phi) is 8.35. The Balaban J connectivity index is 1.52. The molecule has 4 aromatic rings. The first-order valence-electron chi connectivity index (χ1n) is 11.2. The zero-order valence-corrected chi connectivity index (χ0v) is 21.4. The number of aromatic nitrogens is 2. The molecule has 2 aromatic heterocycles. The first-order valence-corrected chi connectivity index (χ1v) is 13.6. The summed E-state index contributed by atoms with van der Waals surface area (Å²) in [5.41, 5.74) is 1.96. The van der Waals surface area contributed by atoms with Crippen LogP contribution in [-0.2, 0) is 27.8 Å². The van der Waals surface area contributed by atoms with E-state index in [2.05, 4.69) is 16.0 Å². The quantitative estimate of drug-likeness (QED) is 0.153. The smallest absolute Gasteiger partial charge is 0.182 e. The van der Waals surface area contributed by atoms with E-state index in [1.807, 2.05) is 12.1 Å². The van der Waals surface area contributed by atoms with Crippen molar-refractivity contribution in [3.8, 4) is 17.4 Å². The van der Waals surface area contributed by atoms with Crippen molar-refractivity contribution in [1.29, 1.82) is 5.26 Å². The first kappa shape index (κ1) is 26.5. The standard InChI is InChI=1S/C25H23ClFN5O4S/c1-37(33,34)12-11-31(10-9-28)15-21-6-8-24(36-21)19-5-7-23-22(14-19)25(30-17-29-23)32(26)35-16-18-3-2-4-20(27)13-18/h2-8,13-14,17H,10-12,15-16H2,1H3. The maximum absolute atomic E-state index is 13.5. The van der Waals surface area contributed by atoms with E-state index >= 15 is 0 Å². The van der Waals surface area contributed by atoms with Crippen molar-refractivity contribution in [3.63, 3.8) is 0 Å². The number of nitrogens with zero attached hydrogens (tertiary/aromatic N) is 5. The van der Waals surface area contributed by atoms with Gasteiger partial charge < -0.3 is 4.42 Å². The summed E-state index contributed by atoms with van der Waals surface area (Å²) in [6.07, 6.45) is 2.53. The highest BCUT2D eigenvalue weighted by Crippen LogP contribution is 2.31. The number of hydrogen-bond acceptors (Lipinski definition) is 9. The highest BCUT2D eigenvalue weighted by Gasteiger charge is 2.16. The second kappa shape index (κ2) is 11.7. The third-order valence-electron chi connectivity index (χ3n) is 5.41. The van der Waals surface area contributed by atoms with Crippen molar-refractivity contribution in [3.05, 3.63) is 78.1 Å². The molecule has 0 atom stereocenters. The number of nitriles is 1. The van der Waals surface area contributed by atoms with Crippen LogP contribution in [0.5, 0.6) is 0 Å². The number of furan rings is 1. The van der Waals surface area contributed by atoms with E-state index in [0.29, 0.717) is 33.8 Å². The molecule has 0 aliphatic carbocycles. The maximum Gasteiger partial charge on any atom is 0.182 e. The lowest BCUT2D eigenvalue weighted by molar-refractivity contribution is 0.136. The van der Waals surface area contributed by atoms with Gasteiger partial charge in [-0.1, -0.05) is 12.1 Å². The minimum absolute atomic E-state index is 0.0342. The van der Waals surface area contributed by atoms with E-state index in [0.717, 1.165) is 16.4 Å². The number of fused-ring (bicyclic) bond motifs is 1. The monoisotopic (exact) mass is 543 g/mol. The van der Waals surface area contributed by atoms with Crippen LogP contribution in [0.25, 0.3) is 22.2 Å². The van der Waals surface area contributed by atoms with Crippen molar-refractivity contribution >= 4 is 38.3 Å². The Morgan fingerprint density at radius 3 is 2.76 bits per heavy atom. The normalized spacial score (nSPS) is 11.6. The molecule has 0 N–H and O–H groups in total. The SMILES string of the molecule is CS(=O)(=O)CCN(CC#N)Cc1ccc(-c2ccc3ncnc(N(Cl)OCc4cccc(F)c4)c3c2)o1. The van der Waals surface area contributed by atoms with Crippen LogP contribution in [0.2, 0.25) is 0 Å². The number of sulfone groups is 1. The average Bonchev–Trinajstić information content (AvgIpc) is 3.33. The average molecular weight is 544 g/mol. The molecule has 192 valence electrons. The molecular weight excluding hydrogens is 521 g/mol. The van der Waals surface area contributed by atoms with E-state index in [1.165, 1.54) is 18.5 Å². The van der Waals surface area contributed by atoms with E-state index in [-0.39, 0.29) is 37.8 Å². The molecule has 4 rings (SSSR count). The second-order valence-corrected chi connectivity index (χ2v) is 10.9. The van der Waals surface area contributed by atoms with Gasteiger partial charge in [-0.05, 0) is 48.0 Å². The summed E-state index contributed by atoms with van der Waals surface area (Å²) < 4.78 is 43.5. The van der Waals surface area contributed by atoms with Crippen molar-refractivity contribution < 1.29 is 22.1 Å². The number of halogens is 2. The molecule has 0 amide bonds. The Bertz CT molecular complexity index is 1540. The van der Waals surface area contributed by atoms with Crippen molar-refractivity contribution in [2.24, 2.45) is 0 Å². The predicted octanol–water partition coefficient (Wildman–Crippen LogP) is 4.49. The van der Waals surface area contributed by atoms with Gasteiger partial charge in [0, 0.05) is 35.5 Å². The van der Waals surface area contributed by atoms with E-state index in [1.54, 1.807) is 35.2 Å².